The summed E-state index contributed by atoms with van der Waals surface area (Å²) in [5.41, 5.74) is 0. The van der Waals surface area contributed by atoms with E-state index >= 15 is 0 Å². The maximum absolute atomic E-state index is 11.2. The lowest BCUT2D eigenvalue weighted by atomic mass is 10.0. The highest BCUT2D eigenvalue weighted by Gasteiger charge is 2.13. The summed E-state index contributed by atoms with van der Waals surface area (Å²) < 4.78 is 27.7. The van der Waals surface area contributed by atoms with Crippen LogP contribution in [0.2, 0.25) is 0 Å². The number of rotatable bonds is 6. The Morgan fingerprint density at radius 2 is 2.27 bits per heavy atom. The van der Waals surface area contributed by atoms with Crippen LogP contribution < -0.4 is 5.32 Å². The van der Waals surface area contributed by atoms with E-state index in [0.717, 1.165) is 26.2 Å². The summed E-state index contributed by atoms with van der Waals surface area (Å²) in [6.07, 6.45) is 2.31. The Kier molecular flexibility index (Phi) is 5.56. The predicted octanol–water partition coefficient (Wildman–Crippen LogP) is 0.437. The summed E-state index contributed by atoms with van der Waals surface area (Å²) in [7, 11) is -2.82. The zero-order valence-corrected chi connectivity index (χ0v) is 10.2. The molecule has 1 aliphatic heterocycles. The third kappa shape index (κ3) is 5.49. The lowest BCUT2D eigenvalue weighted by molar-refractivity contribution is 0.0551. The van der Waals surface area contributed by atoms with Crippen LogP contribution in [0.15, 0.2) is 0 Å². The SMILES string of the molecule is CCS(=O)(=O)CCNCC1CCCOC1. The van der Waals surface area contributed by atoms with Gasteiger partial charge >= 0.3 is 0 Å². The molecule has 4 nitrogen and oxygen atoms in total. The summed E-state index contributed by atoms with van der Waals surface area (Å²) in [6, 6.07) is 0. The summed E-state index contributed by atoms with van der Waals surface area (Å²) >= 11 is 0. The van der Waals surface area contributed by atoms with Crippen molar-refractivity contribution < 1.29 is 13.2 Å². The van der Waals surface area contributed by atoms with E-state index in [1.807, 2.05) is 0 Å². The van der Waals surface area contributed by atoms with Crippen molar-refractivity contribution in [2.75, 3.05) is 37.8 Å². The number of nitrogens with one attached hydrogen (secondary N) is 1. The average molecular weight is 235 g/mol. The smallest absolute Gasteiger partial charge is 0.151 e. The second-order valence-corrected chi connectivity index (χ2v) is 6.50. The minimum Gasteiger partial charge on any atom is -0.381 e. The number of hydrogen-bond donors (Lipinski definition) is 1. The fourth-order valence-corrected chi connectivity index (χ4v) is 2.39. The lowest BCUT2D eigenvalue weighted by Gasteiger charge is -2.22. The van der Waals surface area contributed by atoms with Crippen LogP contribution in [0.5, 0.6) is 0 Å². The van der Waals surface area contributed by atoms with E-state index in [-0.39, 0.29) is 11.5 Å². The minimum absolute atomic E-state index is 0.237. The van der Waals surface area contributed by atoms with Gasteiger partial charge in [-0.2, -0.15) is 0 Å². The van der Waals surface area contributed by atoms with Crippen molar-refractivity contribution in [2.45, 2.75) is 19.8 Å². The van der Waals surface area contributed by atoms with Crippen molar-refractivity contribution >= 4 is 9.84 Å². The molecular weight excluding hydrogens is 214 g/mol. The molecule has 0 spiro atoms. The van der Waals surface area contributed by atoms with Crippen LogP contribution in [-0.4, -0.2) is 46.2 Å². The summed E-state index contributed by atoms with van der Waals surface area (Å²) in [5.74, 6) is 1.04. The van der Waals surface area contributed by atoms with Gasteiger partial charge in [0.25, 0.3) is 0 Å². The molecule has 1 atom stereocenters. The molecule has 0 bridgehead atoms. The van der Waals surface area contributed by atoms with Crippen LogP contribution in [0.1, 0.15) is 19.8 Å². The molecule has 15 heavy (non-hydrogen) atoms. The van der Waals surface area contributed by atoms with Gasteiger partial charge in [0.2, 0.25) is 0 Å². The van der Waals surface area contributed by atoms with Gasteiger partial charge in [0.1, 0.15) is 0 Å². The first-order valence-electron chi connectivity index (χ1n) is 5.63. The van der Waals surface area contributed by atoms with Crippen LogP contribution in [0.25, 0.3) is 0 Å². The second-order valence-electron chi connectivity index (χ2n) is 4.02. The highest BCUT2D eigenvalue weighted by molar-refractivity contribution is 7.91. The van der Waals surface area contributed by atoms with Crippen molar-refractivity contribution in [2.24, 2.45) is 5.92 Å². The van der Waals surface area contributed by atoms with E-state index < -0.39 is 9.84 Å². The summed E-state index contributed by atoms with van der Waals surface area (Å²) in [5, 5.41) is 3.19. The number of sulfone groups is 1. The molecule has 1 heterocycles. The molecule has 90 valence electrons. The average Bonchev–Trinajstić information content (AvgIpc) is 2.26. The van der Waals surface area contributed by atoms with Gasteiger partial charge in [0, 0.05) is 25.4 Å². The van der Waals surface area contributed by atoms with Gasteiger partial charge in [-0.3, -0.25) is 0 Å². The lowest BCUT2D eigenvalue weighted by Crippen LogP contribution is -2.32. The first-order valence-corrected chi connectivity index (χ1v) is 7.45. The molecule has 1 unspecified atom stereocenters. The van der Waals surface area contributed by atoms with Gasteiger partial charge in [-0.1, -0.05) is 6.92 Å². The Bertz CT molecular complexity index is 258. The van der Waals surface area contributed by atoms with E-state index in [9.17, 15) is 8.42 Å². The van der Waals surface area contributed by atoms with Crippen LogP contribution in [-0.2, 0) is 14.6 Å². The van der Waals surface area contributed by atoms with Gasteiger partial charge in [-0.25, -0.2) is 8.42 Å². The van der Waals surface area contributed by atoms with E-state index in [0.29, 0.717) is 12.5 Å². The van der Waals surface area contributed by atoms with Crippen molar-refractivity contribution in [1.29, 1.82) is 0 Å². The molecule has 1 N–H and O–H groups in total. The fraction of sp³-hybridized carbons (Fsp3) is 1.00. The molecule has 1 aliphatic rings. The quantitative estimate of drug-likeness (QED) is 0.679. The fourth-order valence-electron chi connectivity index (χ4n) is 1.65. The van der Waals surface area contributed by atoms with Gasteiger partial charge in [0.15, 0.2) is 9.84 Å². The normalized spacial score (nSPS) is 22.9. The first kappa shape index (κ1) is 12.9. The molecule has 1 saturated heterocycles. The van der Waals surface area contributed by atoms with Crippen molar-refractivity contribution in [3.05, 3.63) is 0 Å². The maximum Gasteiger partial charge on any atom is 0.151 e. The van der Waals surface area contributed by atoms with Gasteiger partial charge < -0.3 is 10.1 Å². The van der Waals surface area contributed by atoms with Crippen molar-refractivity contribution in [1.82, 2.24) is 5.32 Å². The van der Waals surface area contributed by atoms with E-state index in [2.05, 4.69) is 5.32 Å². The Morgan fingerprint density at radius 3 is 2.87 bits per heavy atom. The van der Waals surface area contributed by atoms with E-state index in [1.54, 1.807) is 6.92 Å². The Hall–Kier alpha value is -0.130. The summed E-state index contributed by atoms with van der Waals surface area (Å²) in [6.45, 7) is 4.81. The third-order valence-electron chi connectivity index (χ3n) is 2.72. The molecular formula is C10H21NO3S. The van der Waals surface area contributed by atoms with Crippen LogP contribution >= 0.6 is 0 Å². The number of hydrogen-bond acceptors (Lipinski definition) is 4. The van der Waals surface area contributed by atoms with Gasteiger partial charge in [0.05, 0.1) is 12.4 Å². The van der Waals surface area contributed by atoms with Gasteiger partial charge in [-0.15, -0.1) is 0 Å². The Morgan fingerprint density at radius 1 is 1.47 bits per heavy atom. The molecule has 0 amide bonds. The molecule has 1 rings (SSSR count). The predicted molar refractivity (Wildman–Crippen MR) is 60.7 cm³/mol. The van der Waals surface area contributed by atoms with Crippen LogP contribution in [0.3, 0.4) is 0 Å². The Balaban J connectivity index is 2.06. The van der Waals surface area contributed by atoms with Crippen molar-refractivity contribution in [3.8, 4) is 0 Å². The Labute approximate surface area is 92.3 Å². The maximum atomic E-state index is 11.2. The molecule has 1 fully saturated rings. The molecule has 0 radical (unpaired) electrons. The molecule has 0 aromatic rings. The molecule has 0 aliphatic carbocycles. The van der Waals surface area contributed by atoms with Crippen LogP contribution in [0.4, 0.5) is 0 Å². The highest BCUT2D eigenvalue weighted by Crippen LogP contribution is 2.11. The molecule has 0 saturated carbocycles. The highest BCUT2D eigenvalue weighted by atomic mass is 32.2. The monoisotopic (exact) mass is 235 g/mol. The largest absolute Gasteiger partial charge is 0.381 e. The minimum atomic E-state index is -2.82. The summed E-state index contributed by atoms with van der Waals surface area (Å²) in [4.78, 5) is 0. The zero-order valence-electron chi connectivity index (χ0n) is 9.37. The third-order valence-corrected chi connectivity index (χ3v) is 4.42. The van der Waals surface area contributed by atoms with Crippen LogP contribution in [0, 0.1) is 5.92 Å². The molecule has 5 heteroatoms. The van der Waals surface area contributed by atoms with Crippen molar-refractivity contribution in [3.63, 3.8) is 0 Å². The standard InChI is InChI=1S/C10H21NO3S/c1-2-15(12,13)7-5-11-8-10-4-3-6-14-9-10/h10-11H,2-9H2,1H3. The zero-order chi connectivity index (χ0) is 11.1. The van der Waals surface area contributed by atoms with Gasteiger partial charge in [-0.05, 0) is 18.8 Å². The molecule has 0 aromatic heterocycles. The topological polar surface area (TPSA) is 55.4 Å². The van der Waals surface area contributed by atoms with E-state index in [4.69, 9.17) is 4.74 Å². The second kappa shape index (κ2) is 6.45. The first-order chi connectivity index (χ1) is 7.14. The molecule has 0 aromatic carbocycles. The van der Waals surface area contributed by atoms with E-state index in [1.165, 1.54) is 6.42 Å². The number of ether oxygens (including phenoxy) is 1.